The molecular formula is C16H20F3NO2. The molecule has 1 aromatic carbocycles. The smallest absolute Gasteiger partial charge is 0.307 e. The van der Waals surface area contributed by atoms with Gasteiger partial charge < -0.3 is 4.74 Å². The number of piperidine rings is 1. The van der Waals surface area contributed by atoms with Gasteiger partial charge >= 0.3 is 5.97 Å². The minimum atomic E-state index is -1.45. The van der Waals surface area contributed by atoms with Crippen LogP contribution >= 0.6 is 0 Å². The Morgan fingerprint density at radius 3 is 2.77 bits per heavy atom. The molecule has 6 heteroatoms. The Morgan fingerprint density at radius 2 is 2.05 bits per heavy atom. The molecule has 2 rings (SSSR count). The average Bonchev–Trinajstić information content (AvgIpc) is 2.50. The second-order valence-electron chi connectivity index (χ2n) is 5.46. The minimum absolute atomic E-state index is 0.0553. The lowest BCUT2D eigenvalue weighted by Gasteiger charge is -2.35. The number of carbonyl (C=O) groups excluding carboxylic acids is 1. The lowest BCUT2D eigenvalue weighted by atomic mass is 9.98. The summed E-state index contributed by atoms with van der Waals surface area (Å²) in [5.74, 6) is -4.08. The van der Waals surface area contributed by atoms with Crippen molar-refractivity contribution in [2.45, 2.75) is 45.2 Å². The molecule has 22 heavy (non-hydrogen) atoms. The Morgan fingerprint density at radius 1 is 1.27 bits per heavy atom. The van der Waals surface area contributed by atoms with Crippen LogP contribution in [0.4, 0.5) is 13.2 Å². The minimum Gasteiger partial charge on any atom is -0.466 e. The highest BCUT2D eigenvalue weighted by Gasteiger charge is 2.26. The van der Waals surface area contributed by atoms with E-state index in [9.17, 15) is 18.0 Å². The molecule has 0 aliphatic carbocycles. The molecule has 0 bridgehead atoms. The maximum Gasteiger partial charge on any atom is 0.307 e. The fourth-order valence-corrected chi connectivity index (χ4v) is 2.82. The standard InChI is InChI=1S/C16H20F3NO2/c1-2-22-14(21)9-12-5-3-4-8-20(12)10-11-6-7-13(17)16(19)15(11)18/h6-7,12H,2-5,8-10H2,1H3/t12-/m1/s1. The van der Waals surface area contributed by atoms with Crippen molar-refractivity contribution in [3.05, 3.63) is 35.1 Å². The van der Waals surface area contributed by atoms with Crippen LogP contribution in [0, 0.1) is 17.5 Å². The second kappa shape index (κ2) is 7.63. The molecule has 1 aliphatic heterocycles. The number of nitrogens with zero attached hydrogens (tertiary/aromatic N) is 1. The van der Waals surface area contributed by atoms with Gasteiger partial charge in [-0.05, 0) is 32.4 Å². The number of rotatable bonds is 5. The number of esters is 1. The quantitative estimate of drug-likeness (QED) is 0.616. The largest absolute Gasteiger partial charge is 0.466 e. The molecule has 0 aromatic heterocycles. The maximum atomic E-state index is 13.8. The molecule has 0 N–H and O–H groups in total. The molecule has 0 saturated carbocycles. The van der Waals surface area contributed by atoms with Crippen molar-refractivity contribution >= 4 is 5.97 Å². The van der Waals surface area contributed by atoms with Crippen LogP contribution in [0.25, 0.3) is 0 Å². The van der Waals surface area contributed by atoms with Gasteiger partial charge in [0.2, 0.25) is 0 Å². The predicted molar refractivity (Wildman–Crippen MR) is 75.6 cm³/mol. The first-order chi connectivity index (χ1) is 10.5. The van der Waals surface area contributed by atoms with Crippen molar-refractivity contribution in [3.8, 4) is 0 Å². The fraction of sp³-hybridized carbons (Fsp3) is 0.562. The van der Waals surface area contributed by atoms with E-state index < -0.39 is 17.5 Å². The molecule has 0 radical (unpaired) electrons. The molecule has 0 amide bonds. The van der Waals surface area contributed by atoms with E-state index in [0.29, 0.717) is 13.2 Å². The molecular weight excluding hydrogens is 295 g/mol. The molecule has 1 fully saturated rings. The number of hydrogen-bond acceptors (Lipinski definition) is 3. The predicted octanol–water partition coefficient (Wildman–Crippen LogP) is 3.41. The zero-order valence-corrected chi connectivity index (χ0v) is 12.6. The van der Waals surface area contributed by atoms with Gasteiger partial charge in [0.25, 0.3) is 0 Å². The van der Waals surface area contributed by atoms with E-state index in [1.807, 2.05) is 4.90 Å². The molecule has 1 heterocycles. The Hall–Kier alpha value is -1.56. The van der Waals surface area contributed by atoms with Crippen LogP contribution in [-0.2, 0) is 16.1 Å². The van der Waals surface area contributed by atoms with E-state index in [0.717, 1.165) is 25.3 Å². The van der Waals surface area contributed by atoms with Crippen molar-refractivity contribution in [2.24, 2.45) is 0 Å². The van der Waals surface area contributed by atoms with Crippen LogP contribution < -0.4 is 0 Å². The molecule has 0 unspecified atom stereocenters. The number of ether oxygens (including phenoxy) is 1. The lowest BCUT2D eigenvalue weighted by molar-refractivity contribution is -0.145. The first kappa shape index (κ1) is 16.8. The van der Waals surface area contributed by atoms with Crippen LogP contribution in [0.5, 0.6) is 0 Å². The Bertz CT molecular complexity index is 536. The maximum absolute atomic E-state index is 13.8. The van der Waals surface area contributed by atoms with Crippen LogP contribution in [0.2, 0.25) is 0 Å². The van der Waals surface area contributed by atoms with Crippen LogP contribution in [0.15, 0.2) is 12.1 Å². The van der Waals surface area contributed by atoms with Gasteiger partial charge in [-0.3, -0.25) is 9.69 Å². The van der Waals surface area contributed by atoms with Crippen molar-refractivity contribution < 1.29 is 22.7 Å². The molecule has 0 spiro atoms. The Kier molecular flexibility index (Phi) is 5.83. The first-order valence-electron chi connectivity index (χ1n) is 7.55. The van der Waals surface area contributed by atoms with Gasteiger partial charge in [0, 0.05) is 18.2 Å². The van der Waals surface area contributed by atoms with Gasteiger partial charge in [-0.25, -0.2) is 13.2 Å². The summed E-state index contributed by atoms with van der Waals surface area (Å²) in [5, 5.41) is 0. The van der Waals surface area contributed by atoms with Gasteiger partial charge in [-0.2, -0.15) is 0 Å². The first-order valence-corrected chi connectivity index (χ1v) is 7.55. The number of benzene rings is 1. The highest BCUT2D eigenvalue weighted by molar-refractivity contribution is 5.70. The summed E-state index contributed by atoms with van der Waals surface area (Å²) in [5.41, 5.74) is 0.106. The van der Waals surface area contributed by atoms with Crippen molar-refractivity contribution in [3.63, 3.8) is 0 Å². The Balaban J connectivity index is 2.08. The zero-order chi connectivity index (χ0) is 16.1. The van der Waals surface area contributed by atoms with E-state index >= 15 is 0 Å². The third kappa shape index (κ3) is 4.00. The molecule has 1 atom stereocenters. The average molecular weight is 315 g/mol. The van der Waals surface area contributed by atoms with Crippen LogP contribution in [0.1, 0.15) is 38.2 Å². The summed E-state index contributed by atoms with van der Waals surface area (Å²) in [6, 6.07) is 2.13. The zero-order valence-electron chi connectivity index (χ0n) is 12.6. The number of likely N-dealkylation sites (tertiary alicyclic amines) is 1. The monoisotopic (exact) mass is 315 g/mol. The van der Waals surface area contributed by atoms with Crippen molar-refractivity contribution in [1.29, 1.82) is 0 Å². The van der Waals surface area contributed by atoms with E-state index in [2.05, 4.69) is 0 Å². The SMILES string of the molecule is CCOC(=O)C[C@H]1CCCCN1Cc1ccc(F)c(F)c1F. The van der Waals surface area contributed by atoms with Gasteiger partial charge in [0.15, 0.2) is 17.5 Å². The van der Waals surface area contributed by atoms with Gasteiger partial charge in [0.1, 0.15) is 0 Å². The fourth-order valence-electron chi connectivity index (χ4n) is 2.82. The Labute approximate surface area is 128 Å². The van der Waals surface area contributed by atoms with Crippen LogP contribution in [-0.4, -0.2) is 30.1 Å². The molecule has 3 nitrogen and oxygen atoms in total. The third-order valence-electron chi connectivity index (χ3n) is 3.95. The molecule has 122 valence electrons. The summed E-state index contributed by atoms with van der Waals surface area (Å²) in [6.07, 6.45) is 2.97. The molecule has 1 saturated heterocycles. The molecule has 1 aromatic rings. The van der Waals surface area contributed by atoms with Crippen molar-refractivity contribution in [1.82, 2.24) is 4.90 Å². The van der Waals surface area contributed by atoms with Gasteiger partial charge in [0.05, 0.1) is 13.0 Å². The highest BCUT2D eigenvalue weighted by Crippen LogP contribution is 2.24. The normalized spacial score (nSPS) is 19.2. The summed E-state index contributed by atoms with van der Waals surface area (Å²) in [7, 11) is 0. The lowest BCUT2D eigenvalue weighted by Crippen LogP contribution is -2.40. The summed E-state index contributed by atoms with van der Waals surface area (Å²) in [6.45, 7) is 2.92. The second-order valence-corrected chi connectivity index (χ2v) is 5.46. The topological polar surface area (TPSA) is 29.5 Å². The van der Waals surface area contributed by atoms with E-state index in [4.69, 9.17) is 4.74 Å². The van der Waals surface area contributed by atoms with Crippen molar-refractivity contribution in [2.75, 3.05) is 13.2 Å². The highest BCUT2D eigenvalue weighted by atomic mass is 19.2. The third-order valence-corrected chi connectivity index (χ3v) is 3.95. The summed E-state index contributed by atoms with van der Waals surface area (Å²) < 4.78 is 45.0. The molecule has 1 aliphatic rings. The van der Waals surface area contributed by atoms with E-state index in [1.165, 1.54) is 6.07 Å². The van der Waals surface area contributed by atoms with Crippen LogP contribution in [0.3, 0.4) is 0 Å². The number of halogens is 3. The number of hydrogen-bond donors (Lipinski definition) is 0. The van der Waals surface area contributed by atoms with E-state index in [-0.39, 0.29) is 30.5 Å². The summed E-state index contributed by atoms with van der Waals surface area (Å²) in [4.78, 5) is 13.6. The van der Waals surface area contributed by atoms with Gasteiger partial charge in [-0.1, -0.05) is 12.5 Å². The number of carbonyl (C=O) groups is 1. The van der Waals surface area contributed by atoms with Gasteiger partial charge in [-0.15, -0.1) is 0 Å². The van der Waals surface area contributed by atoms with E-state index in [1.54, 1.807) is 6.92 Å². The summed E-state index contributed by atoms with van der Waals surface area (Å²) >= 11 is 0.